The van der Waals surface area contributed by atoms with Crippen molar-refractivity contribution >= 4 is 23.2 Å². The maximum absolute atomic E-state index is 11.3. The number of hydrogen-bond donors (Lipinski definition) is 2. The predicted octanol–water partition coefficient (Wildman–Crippen LogP) is 1.92. The number of nitrogens with zero attached hydrogens (tertiary/aromatic N) is 1. The number of nitrogens with one attached hydrogen (secondary N) is 1. The minimum absolute atomic E-state index is 0.00205. The van der Waals surface area contributed by atoms with Gasteiger partial charge in [-0.15, -0.1) is 11.3 Å². The fourth-order valence-electron chi connectivity index (χ4n) is 1.22. The molecule has 1 rings (SSSR count). The number of carboxylic acids is 1. The molecule has 2 N–H and O–H groups in total. The van der Waals surface area contributed by atoms with E-state index < -0.39 is 5.97 Å². The lowest BCUT2D eigenvalue weighted by atomic mass is 9.93. The Morgan fingerprint density at radius 2 is 2.06 bits per heavy atom. The summed E-state index contributed by atoms with van der Waals surface area (Å²) in [6, 6.07) is 0. The van der Waals surface area contributed by atoms with E-state index in [1.807, 2.05) is 5.38 Å². The zero-order valence-corrected chi connectivity index (χ0v) is 11.6. The van der Waals surface area contributed by atoms with Gasteiger partial charge in [0.25, 0.3) is 0 Å². The molecular weight excluding hydrogens is 252 g/mol. The zero-order chi connectivity index (χ0) is 13.8. The largest absolute Gasteiger partial charge is 0.481 e. The van der Waals surface area contributed by atoms with Crippen LogP contribution in [0, 0.1) is 0 Å². The minimum Gasteiger partial charge on any atom is -0.481 e. The van der Waals surface area contributed by atoms with Crippen molar-refractivity contribution in [2.45, 2.75) is 45.6 Å². The maximum Gasteiger partial charge on any atom is 0.303 e. The van der Waals surface area contributed by atoms with Crippen molar-refractivity contribution in [1.82, 2.24) is 10.3 Å². The van der Waals surface area contributed by atoms with Gasteiger partial charge in [-0.3, -0.25) is 9.59 Å². The average Bonchev–Trinajstić information content (AvgIpc) is 2.71. The maximum atomic E-state index is 11.3. The topological polar surface area (TPSA) is 79.3 Å². The summed E-state index contributed by atoms with van der Waals surface area (Å²) in [5.41, 5.74) is 1.00. The third-order valence-corrected chi connectivity index (χ3v) is 3.17. The third kappa shape index (κ3) is 4.83. The van der Waals surface area contributed by atoms with Gasteiger partial charge in [-0.25, -0.2) is 4.98 Å². The van der Waals surface area contributed by atoms with Crippen LogP contribution in [0.15, 0.2) is 5.38 Å². The van der Waals surface area contributed by atoms with E-state index in [1.165, 1.54) is 11.3 Å². The molecule has 0 spiro atoms. The summed E-state index contributed by atoms with van der Waals surface area (Å²) in [6.07, 6.45) is -0.135. The molecule has 0 atom stereocenters. The quantitative estimate of drug-likeness (QED) is 0.856. The van der Waals surface area contributed by atoms with Crippen LogP contribution in [0.1, 0.15) is 44.3 Å². The molecule has 0 saturated carbocycles. The Morgan fingerprint density at radius 1 is 1.39 bits per heavy atom. The van der Waals surface area contributed by atoms with Gasteiger partial charge in [-0.1, -0.05) is 20.8 Å². The number of carboxylic acid groups (broad SMARTS) is 1. The number of rotatable bonds is 5. The van der Waals surface area contributed by atoms with Crippen molar-refractivity contribution in [3.63, 3.8) is 0 Å². The Morgan fingerprint density at radius 3 is 2.56 bits per heavy atom. The Kier molecular flexibility index (Phi) is 4.84. The van der Waals surface area contributed by atoms with Crippen LogP contribution in [0.3, 0.4) is 0 Å². The van der Waals surface area contributed by atoms with Crippen LogP contribution in [-0.2, 0) is 21.5 Å². The SMILES string of the molecule is CC(C)(C)c1csc(CNC(=O)CCC(=O)O)n1. The molecule has 0 bridgehead atoms. The van der Waals surface area contributed by atoms with E-state index in [-0.39, 0.29) is 24.2 Å². The first-order valence-electron chi connectivity index (χ1n) is 5.72. The number of carbonyl (C=O) groups is 2. The van der Waals surface area contributed by atoms with Gasteiger partial charge in [0.2, 0.25) is 5.91 Å². The summed E-state index contributed by atoms with van der Waals surface area (Å²) in [6.45, 7) is 6.60. The highest BCUT2D eigenvalue weighted by Gasteiger charge is 2.17. The van der Waals surface area contributed by atoms with Crippen molar-refractivity contribution in [3.05, 3.63) is 16.1 Å². The Hall–Kier alpha value is -1.43. The minimum atomic E-state index is -0.964. The van der Waals surface area contributed by atoms with Gasteiger partial charge in [0.1, 0.15) is 5.01 Å². The lowest BCUT2D eigenvalue weighted by molar-refractivity contribution is -0.138. The molecule has 0 fully saturated rings. The van der Waals surface area contributed by atoms with Gasteiger partial charge >= 0.3 is 5.97 Å². The highest BCUT2D eigenvalue weighted by atomic mass is 32.1. The van der Waals surface area contributed by atoms with Crippen LogP contribution in [0.2, 0.25) is 0 Å². The van der Waals surface area contributed by atoms with E-state index >= 15 is 0 Å². The van der Waals surface area contributed by atoms with Crippen molar-refractivity contribution in [1.29, 1.82) is 0 Å². The standard InChI is InChI=1S/C12H18N2O3S/c1-12(2,3)8-7-18-10(14-8)6-13-9(15)4-5-11(16)17/h7H,4-6H2,1-3H3,(H,13,15)(H,16,17). The molecule has 1 amide bonds. The lowest BCUT2D eigenvalue weighted by Crippen LogP contribution is -2.23. The smallest absolute Gasteiger partial charge is 0.303 e. The molecule has 0 aromatic carbocycles. The first-order valence-corrected chi connectivity index (χ1v) is 6.60. The lowest BCUT2D eigenvalue weighted by Gasteiger charge is -2.14. The average molecular weight is 270 g/mol. The van der Waals surface area contributed by atoms with Crippen LogP contribution < -0.4 is 5.32 Å². The van der Waals surface area contributed by atoms with Gasteiger partial charge in [-0.05, 0) is 0 Å². The van der Waals surface area contributed by atoms with Crippen LogP contribution >= 0.6 is 11.3 Å². The highest BCUT2D eigenvalue weighted by molar-refractivity contribution is 7.09. The van der Waals surface area contributed by atoms with E-state index in [1.54, 1.807) is 0 Å². The van der Waals surface area contributed by atoms with E-state index in [0.717, 1.165) is 10.7 Å². The second-order valence-corrected chi connectivity index (χ2v) is 5.99. The normalized spacial score (nSPS) is 11.3. The number of aromatic nitrogens is 1. The van der Waals surface area contributed by atoms with Crippen molar-refractivity contribution < 1.29 is 14.7 Å². The number of carbonyl (C=O) groups excluding carboxylic acids is 1. The molecule has 0 aliphatic rings. The molecule has 0 aliphatic heterocycles. The van der Waals surface area contributed by atoms with Gasteiger partial charge in [0.05, 0.1) is 18.7 Å². The molecule has 1 aromatic rings. The number of thiazole rings is 1. The molecule has 1 heterocycles. The summed E-state index contributed by atoms with van der Waals surface area (Å²) < 4.78 is 0. The van der Waals surface area contributed by atoms with E-state index in [4.69, 9.17) is 5.11 Å². The number of hydrogen-bond acceptors (Lipinski definition) is 4. The summed E-state index contributed by atoms with van der Waals surface area (Å²) in [5, 5.41) is 13.9. The predicted molar refractivity (Wildman–Crippen MR) is 69.5 cm³/mol. The molecule has 0 radical (unpaired) electrons. The molecule has 5 nitrogen and oxygen atoms in total. The monoisotopic (exact) mass is 270 g/mol. The molecule has 0 unspecified atom stereocenters. The summed E-state index contributed by atoms with van der Waals surface area (Å²) in [5.74, 6) is -1.22. The fourth-order valence-corrected chi connectivity index (χ4v) is 2.18. The van der Waals surface area contributed by atoms with E-state index in [0.29, 0.717) is 6.54 Å². The molecule has 0 saturated heterocycles. The molecular formula is C12H18N2O3S. The summed E-state index contributed by atoms with van der Waals surface area (Å²) >= 11 is 1.50. The Labute approximate surface area is 110 Å². The first-order chi connectivity index (χ1) is 8.29. The van der Waals surface area contributed by atoms with Gasteiger partial charge in [0.15, 0.2) is 0 Å². The van der Waals surface area contributed by atoms with Gasteiger partial charge in [0, 0.05) is 17.2 Å². The molecule has 18 heavy (non-hydrogen) atoms. The third-order valence-electron chi connectivity index (χ3n) is 2.32. The van der Waals surface area contributed by atoms with Gasteiger partial charge < -0.3 is 10.4 Å². The second kappa shape index (κ2) is 5.95. The van der Waals surface area contributed by atoms with Crippen LogP contribution in [-0.4, -0.2) is 22.0 Å². The van der Waals surface area contributed by atoms with Gasteiger partial charge in [-0.2, -0.15) is 0 Å². The van der Waals surface area contributed by atoms with Crippen LogP contribution in [0.4, 0.5) is 0 Å². The van der Waals surface area contributed by atoms with Crippen LogP contribution in [0.5, 0.6) is 0 Å². The number of amides is 1. The highest BCUT2D eigenvalue weighted by Crippen LogP contribution is 2.23. The molecule has 6 heteroatoms. The van der Waals surface area contributed by atoms with E-state index in [2.05, 4.69) is 31.1 Å². The Bertz CT molecular complexity index is 435. The van der Waals surface area contributed by atoms with Crippen molar-refractivity contribution in [2.75, 3.05) is 0 Å². The summed E-state index contributed by atoms with van der Waals surface area (Å²) in [7, 11) is 0. The summed E-state index contributed by atoms with van der Waals surface area (Å²) in [4.78, 5) is 26.1. The van der Waals surface area contributed by atoms with Crippen molar-refractivity contribution in [3.8, 4) is 0 Å². The van der Waals surface area contributed by atoms with Crippen molar-refractivity contribution in [2.24, 2.45) is 0 Å². The fraction of sp³-hybridized carbons (Fsp3) is 0.583. The number of aliphatic carboxylic acids is 1. The first kappa shape index (κ1) is 14.6. The Balaban J connectivity index is 2.42. The van der Waals surface area contributed by atoms with E-state index in [9.17, 15) is 9.59 Å². The molecule has 1 aromatic heterocycles. The second-order valence-electron chi connectivity index (χ2n) is 5.05. The van der Waals surface area contributed by atoms with Crippen LogP contribution in [0.25, 0.3) is 0 Å². The molecule has 0 aliphatic carbocycles. The molecule has 100 valence electrons. The zero-order valence-electron chi connectivity index (χ0n) is 10.8.